The molecule has 2 aromatic heterocycles. The van der Waals surface area contributed by atoms with Gasteiger partial charge in [-0.15, -0.1) is 5.10 Å². The molecule has 2 heterocycles. The van der Waals surface area contributed by atoms with Gasteiger partial charge < -0.3 is 14.7 Å². The minimum absolute atomic E-state index is 0.0564. The van der Waals surface area contributed by atoms with E-state index in [1.54, 1.807) is 24.0 Å². The summed E-state index contributed by atoms with van der Waals surface area (Å²) < 4.78 is 6.75. The van der Waals surface area contributed by atoms with Crippen molar-refractivity contribution in [3.63, 3.8) is 0 Å². The van der Waals surface area contributed by atoms with Gasteiger partial charge in [0.1, 0.15) is 5.69 Å². The van der Waals surface area contributed by atoms with E-state index in [1.165, 1.54) is 0 Å². The summed E-state index contributed by atoms with van der Waals surface area (Å²) in [6, 6.07) is 0.0564. The zero-order chi connectivity index (χ0) is 12.3. The lowest BCUT2D eigenvalue weighted by Crippen LogP contribution is -2.13. The van der Waals surface area contributed by atoms with Crippen molar-refractivity contribution in [2.75, 3.05) is 11.9 Å². The normalized spacial score (nSPS) is 10.5. The van der Waals surface area contributed by atoms with Crippen LogP contribution in [0, 0.1) is 6.92 Å². The highest BCUT2D eigenvalue weighted by molar-refractivity contribution is 6.01. The van der Waals surface area contributed by atoms with Crippen molar-refractivity contribution in [1.82, 2.24) is 19.7 Å². The van der Waals surface area contributed by atoms with Crippen molar-refractivity contribution in [3.8, 4) is 0 Å². The summed E-state index contributed by atoms with van der Waals surface area (Å²) in [7, 11) is 0. The van der Waals surface area contributed by atoms with Gasteiger partial charge >= 0.3 is 6.01 Å². The average molecular weight is 236 g/mol. The highest BCUT2D eigenvalue weighted by Gasteiger charge is 2.12. The first-order chi connectivity index (χ1) is 8.19. The molecule has 0 spiro atoms. The zero-order valence-corrected chi connectivity index (χ0v) is 9.25. The first-order valence-corrected chi connectivity index (χ1v) is 5.02. The van der Waals surface area contributed by atoms with Crippen LogP contribution in [-0.4, -0.2) is 32.2 Å². The van der Waals surface area contributed by atoms with Gasteiger partial charge in [-0.05, 0) is 0 Å². The minimum Gasteiger partial charge on any atom is -0.408 e. The van der Waals surface area contributed by atoms with Crippen molar-refractivity contribution in [3.05, 3.63) is 24.1 Å². The van der Waals surface area contributed by atoms with Crippen molar-refractivity contribution in [1.29, 1.82) is 0 Å². The first kappa shape index (κ1) is 11.3. The molecule has 0 radical (unpaired) electrons. The third-order valence-corrected chi connectivity index (χ3v) is 2.00. The lowest BCUT2D eigenvalue weighted by Gasteiger charge is -1.96. The largest absolute Gasteiger partial charge is 0.408 e. The highest BCUT2D eigenvalue weighted by Crippen LogP contribution is 2.06. The van der Waals surface area contributed by atoms with Crippen LogP contribution in [0.3, 0.4) is 0 Å². The van der Waals surface area contributed by atoms with Gasteiger partial charge in [0.25, 0.3) is 5.91 Å². The molecule has 0 unspecified atom stereocenters. The number of nitrogens with one attached hydrogen (secondary N) is 1. The van der Waals surface area contributed by atoms with E-state index in [0.717, 1.165) is 0 Å². The number of hydrogen-bond donors (Lipinski definition) is 2. The van der Waals surface area contributed by atoms with E-state index in [4.69, 9.17) is 10.2 Å². The molecular formula is C9H12N6O2. The van der Waals surface area contributed by atoms with Crippen LogP contribution < -0.4 is 11.1 Å². The maximum atomic E-state index is 11.7. The molecule has 0 aliphatic heterocycles. The Morgan fingerprint density at radius 1 is 1.59 bits per heavy atom. The molecule has 2 rings (SSSR count). The van der Waals surface area contributed by atoms with Crippen LogP contribution in [0.1, 0.15) is 16.4 Å². The van der Waals surface area contributed by atoms with E-state index in [1.807, 2.05) is 0 Å². The number of nitrogens with two attached hydrogens (primary N) is 1. The van der Waals surface area contributed by atoms with Gasteiger partial charge in [0.05, 0.1) is 6.33 Å². The Kier molecular flexibility index (Phi) is 3.15. The van der Waals surface area contributed by atoms with E-state index < -0.39 is 5.91 Å². The number of rotatable bonds is 4. The van der Waals surface area contributed by atoms with E-state index in [-0.39, 0.29) is 11.7 Å². The highest BCUT2D eigenvalue weighted by atomic mass is 16.4. The maximum absolute atomic E-state index is 11.7. The van der Waals surface area contributed by atoms with Gasteiger partial charge in [0, 0.05) is 26.2 Å². The Morgan fingerprint density at radius 3 is 3.06 bits per heavy atom. The average Bonchev–Trinajstić information content (AvgIpc) is 2.88. The molecule has 1 amide bonds. The van der Waals surface area contributed by atoms with Crippen LogP contribution in [0.4, 0.5) is 6.01 Å². The third-order valence-electron chi connectivity index (χ3n) is 2.00. The molecule has 0 saturated carbocycles. The third kappa shape index (κ3) is 2.67. The summed E-state index contributed by atoms with van der Waals surface area (Å²) in [4.78, 5) is 15.6. The lowest BCUT2D eigenvalue weighted by molar-refractivity contribution is 0.101. The molecular weight excluding hydrogens is 224 g/mol. The molecule has 0 fully saturated rings. The lowest BCUT2D eigenvalue weighted by atomic mass is 10.4. The number of hydrogen-bond acceptors (Lipinski definition) is 6. The molecule has 0 aromatic carbocycles. The first-order valence-electron chi connectivity index (χ1n) is 5.02. The molecule has 3 N–H and O–H groups in total. The van der Waals surface area contributed by atoms with Crippen LogP contribution in [0.25, 0.3) is 0 Å². The van der Waals surface area contributed by atoms with Crippen molar-refractivity contribution in [2.45, 2.75) is 13.5 Å². The van der Waals surface area contributed by atoms with Crippen LogP contribution in [-0.2, 0) is 6.54 Å². The maximum Gasteiger partial charge on any atom is 0.322 e. The zero-order valence-electron chi connectivity index (χ0n) is 9.25. The summed E-state index contributed by atoms with van der Waals surface area (Å²) in [6.45, 7) is 2.73. The summed E-state index contributed by atoms with van der Waals surface area (Å²) >= 11 is 0. The van der Waals surface area contributed by atoms with Gasteiger partial charge in [-0.2, -0.15) is 0 Å². The molecule has 0 atom stereocenters. The van der Waals surface area contributed by atoms with E-state index in [2.05, 4.69) is 20.5 Å². The number of amides is 1. The molecule has 8 nitrogen and oxygen atoms in total. The number of aromatic nitrogens is 4. The Bertz CT molecular complexity index is 517. The number of carbonyl (C=O) groups excluding carboxylic acids is 1. The van der Waals surface area contributed by atoms with Gasteiger partial charge in [0.15, 0.2) is 0 Å². The summed E-state index contributed by atoms with van der Waals surface area (Å²) in [5.74, 6) is -0.0154. The van der Waals surface area contributed by atoms with Crippen LogP contribution in [0.2, 0.25) is 0 Å². The van der Waals surface area contributed by atoms with Crippen LogP contribution in [0.5, 0.6) is 0 Å². The topological polar surface area (TPSA) is 112 Å². The van der Waals surface area contributed by atoms with Gasteiger partial charge in [-0.25, -0.2) is 4.98 Å². The molecule has 0 bridgehead atoms. The molecule has 0 aliphatic rings. The van der Waals surface area contributed by atoms with Gasteiger partial charge in [-0.1, -0.05) is 5.10 Å². The number of nitrogens with zero attached hydrogens (tertiary/aromatic N) is 4. The molecule has 17 heavy (non-hydrogen) atoms. The smallest absolute Gasteiger partial charge is 0.322 e. The Hall–Kier alpha value is -2.22. The standard InChI is InChI=1S/C9H12N6O2/c1-6-13-14-9(17-6)12-8(16)7-4-15(3-2-10)5-11-7/h4-5H,2-3,10H2,1H3,(H,12,14,16). The fraction of sp³-hybridized carbons (Fsp3) is 0.333. The van der Waals surface area contributed by atoms with Crippen molar-refractivity contribution >= 4 is 11.9 Å². The molecule has 8 heteroatoms. The Morgan fingerprint density at radius 2 is 2.41 bits per heavy atom. The fourth-order valence-corrected chi connectivity index (χ4v) is 1.26. The number of carbonyl (C=O) groups is 1. The molecule has 2 aromatic rings. The van der Waals surface area contributed by atoms with Crippen molar-refractivity contribution < 1.29 is 9.21 Å². The quantitative estimate of drug-likeness (QED) is 0.759. The Balaban J connectivity index is 2.03. The van der Waals surface area contributed by atoms with Gasteiger partial charge in [-0.3, -0.25) is 10.1 Å². The minimum atomic E-state index is -0.399. The second-order valence-electron chi connectivity index (χ2n) is 3.37. The van der Waals surface area contributed by atoms with Crippen LogP contribution in [0.15, 0.2) is 16.9 Å². The van der Waals surface area contributed by atoms with Crippen molar-refractivity contribution in [2.24, 2.45) is 5.73 Å². The predicted octanol–water partition coefficient (Wildman–Crippen LogP) is -0.214. The number of imidazole rings is 1. The van der Waals surface area contributed by atoms with E-state index in [9.17, 15) is 4.79 Å². The monoisotopic (exact) mass is 236 g/mol. The van der Waals surface area contributed by atoms with E-state index >= 15 is 0 Å². The second kappa shape index (κ2) is 4.74. The number of anilines is 1. The summed E-state index contributed by atoms with van der Waals surface area (Å²) in [5.41, 5.74) is 5.66. The number of aryl methyl sites for hydroxylation is 1. The molecule has 0 saturated heterocycles. The summed E-state index contributed by atoms with van der Waals surface area (Å²) in [6.07, 6.45) is 3.15. The second-order valence-corrected chi connectivity index (χ2v) is 3.37. The van der Waals surface area contributed by atoms with Crippen LogP contribution >= 0.6 is 0 Å². The SMILES string of the molecule is Cc1nnc(NC(=O)c2cn(CCN)cn2)o1. The summed E-state index contributed by atoms with van der Waals surface area (Å²) in [5, 5.41) is 9.69. The predicted molar refractivity (Wildman–Crippen MR) is 58.3 cm³/mol. The fourth-order valence-electron chi connectivity index (χ4n) is 1.26. The van der Waals surface area contributed by atoms with E-state index in [0.29, 0.717) is 19.0 Å². The molecule has 90 valence electrons. The van der Waals surface area contributed by atoms with Gasteiger partial charge in [0.2, 0.25) is 5.89 Å². The molecule has 0 aliphatic carbocycles. The Labute approximate surface area is 96.8 Å².